The Kier molecular flexibility index (Phi) is 5.28. The lowest BCUT2D eigenvalue weighted by atomic mass is 9.54. The topological polar surface area (TPSA) is 46.2 Å². The van der Waals surface area contributed by atoms with Gasteiger partial charge < -0.3 is 5.32 Å². The fourth-order valence-corrected chi connectivity index (χ4v) is 5.99. The molecule has 1 saturated carbocycles. The summed E-state index contributed by atoms with van der Waals surface area (Å²) in [5.74, 6) is -1.91. The Labute approximate surface area is 199 Å². The Morgan fingerprint density at radius 3 is 2.22 bits per heavy atom. The molecular weight excluding hydrogens is 472 g/mol. The molecule has 0 bridgehead atoms. The molecule has 1 spiro atoms. The summed E-state index contributed by atoms with van der Waals surface area (Å²) in [6.45, 7) is 0. The first-order valence-corrected chi connectivity index (χ1v) is 11.3. The molecule has 3 atom stereocenters. The first kappa shape index (κ1) is 21.4. The molecule has 3 aromatic carbocycles. The van der Waals surface area contributed by atoms with Crippen LogP contribution in [0.2, 0.25) is 15.1 Å². The van der Waals surface area contributed by atoms with E-state index in [9.17, 15) is 14.0 Å². The molecule has 1 heterocycles. The molecule has 1 aliphatic heterocycles. The van der Waals surface area contributed by atoms with Crippen LogP contribution in [0.25, 0.3) is 0 Å². The minimum Gasteiger partial charge on any atom is -0.325 e. The highest BCUT2D eigenvalue weighted by Gasteiger charge is 2.60. The lowest BCUT2D eigenvalue weighted by molar-refractivity contribution is -0.128. The fraction of sp³-hybridized carbons (Fsp3) is 0.200. The highest BCUT2D eigenvalue weighted by molar-refractivity contribution is 6.31. The molecule has 7 heteroatoms. The quantitative estimate of drug-likeness (QED) is 0.426. The second-order valence-electron chi connectivity index (χ2n) is 8.32. The monoisotopic (exact) mass is 487 g/mol. The highest BCUT2D eigenvalue weighted by Crippen LogP contribution is 2.60. The largest absolute Gasteiger partial charge is 0.325 e. The predicted octanol–water partition coefficient (Wildman–Crippen LogP) is 6.91. The molecule has 3 nitrogen and oxygen atoms in total. The predicted molar refractivity (Wildman–Crippen MR) is 124 cm³/mol. The van der Waals surface area contributed by atoms with E-state index in [1.165, 1.54) is 12.1 Å². The van der Waals surface area contributed by atoms with E-state index in [2.05, 4.69) is 5.32 Å². The van der Waals surface area contributed by atoms with Crippen molar-refractivity contribution >= 4 is 52.2 Å². The number of hydrogen-bond donors (Lipinski definition) is 1. The average molecular weight is 489 g/mol. The summed E-state index contributed by atoms with van der Waals surface area (Å²) < 4.78 is 14.4. The summed E-state index contributed by atoms with van der Waals surface area (Å²) in [6, 6.07) is 16.6. The first-order chi connectivity index (χ1) is 15.3. The maximum absolute atomic E-state index is 14.4. The number of benzene rings is 3. The minimum absolute atomic E-state index is 0.0128. The molecule has 1 N–H and O–H groups in total. The lowest BCUT2D eigenvalue weighted by Crippen LogP contribution is -2.50. The van der Waals surface area contributed by atoms with Gasteiger partial charge >= 0.3 is 0 Å². The first-order valence-electron chi connectivity index (χ1n) is 10.1. The van der Waals surface area contributed by atoms with E-state index in [1.54, 1.807) is 36.4 Å². The van der Waals surface area contributed by atoms with Crippen LogP contribution in [0.15, 0.2) is 60.7 Å². The molecule has 0 unspecified atom stereocenters. The van der Waals surface area contributed by atoms with Crippen LogP contribution in [-0.2, 0) is 15.0 Å². The third-order valence-electron chi connectivity index (χ3n) is 6.55. The molecule has 5 rings (SSSR count). The van der Waals surface area contributed by atoms with Gasteiger partial charge in [-0.1, -0.05) is 53.0 Å². The van der Waals surface area contributed by atoms with Crippen molar-refractivity contribution in [3.8, 4) is 0 Å². The van der Waals surface area contributed by atoms with Gasteiger partial charge in [0.25, 0.3) is 0 Å². The summed E-state index contributed by atoms with van der Waals surface area (Å²) in [5.41, 5.74) is 1.45. The van der Waals surface area contributed by atoms with Crippen LogP contribution in [0.5, 0.6) is 0 Å². The lowest BCUT2D eigenvalue weighted by Gasteiger charge is -2.46. The number of carbonyl (C=O) groups is 2. The minimum atomic E-state index is -1.16. The smallest absolute Gasteiger partial charge is 0.236 e. The summed E-state index contributed by atoms with van der Waals surface area (Å²) in [6.07, 6.45) is 0.252. The molecule has 1 amide bonds. The van der Waals surface area contributed by atoms with E-state index in [4.69, 9.17) is 34.8 Å². The zero-order valence-electron chi connectivity index (χ0n) is 16.7. The molecule has 0 radical (unpaired) electrons. The third kappa shape index (κ3) is 3.33. The molecule has 0 saturated heterocycles. The highest BCUT2D eigenvalue weighted by atomic mass is 35.5. The number of rotatable bonds is 2. The van der Waals surface area contributed by atoms with Crippen molar-refractivity contribution < 1.29 is 14.0 Å². The second kappa shape index (κ2) is 7.87. The van der Waals surface area contributed by atoms with E-state index in [-0.39, 0.29) is 29.6 Å². The molecule has 2 aliphatic rings. The summed E-state index contributed by atoms with van der Waals surface area (Å²) >= 11 is 18.7. The fourth-order valence-electron chi connectivity index (χ4n) is 5.39. The number of halogens is 4. The Bertz CT molecular complexity index is 1260. The third-order valence-corrected chi connectivity index (χ3v) is 7.24. The van der Waals surface area contributed by atoms with Gasteiger partial charge in [0.05, 0.1) is 5.41 Å². The number of amides is 1. The summed E-state index contributed by atoms with van der Waals surface area (Å²) in [5, 5.41) is 4.17. The van der Waals surface area contributed by atoms with E-state index >= 15 is 0 Å². The number of nitrogens with one attached hydrogen (secondary N) is 1. The number of Topliss-reactive ketones (excluding diaryl/α,β-unsaturated/α-hetero) is 1. The van der Waals surface area contributed by atoms with Gasteiger partial charge in [0.2, 0.25) is 5.91 Å². The van der Waals surface area contributed by atoms with Crippen molar-refractivity contribution in [2.75, 3.05) is 5.32 Å². The zero-order chi connectivity index (χ0) is 22.6. The van der Waals surface area contributed by atoms with Gasteiger partial charge in [-0.3, -0.25) is 9.59 Å². The maximum Gasteiger partial charge on any atom is 0.236 e. The van der Waals surface area contributed by atoms with Gasteiger partial charge in [0, 0.05) is 45.4 Å². The van der Waals surface area contributed by atoms with Gasteiger partial charge in [-0.2, -0.15) is 0 Å². The molecule has 3 aromatic rings. The van der Waals surface area contributed by atoms with Crippen molar-refractivity contribution in [3.63, 3.8) is 0 Å². The Balaban J connectivity index is 1.82. The number of fused-ring (bicyclic) bond motifs is 2. The van der Waals surface area contributed by atoms with Crippen LogP contribution in [-0.4, -0.2) is 11.7 Å². The Morgan fingerprint density at radius 2 is 1.50 bits per heavy atom. The maximum atomic E-state index is 14.4. The van der Waals surface area contributed by atoms with E-state index in [1.807, 2.05) is 12.1 Å². The molecule has 32 heavy (non-hydrogen) atoms. The van der Waals surface area contributed by atoms with Gasteiger partial charge in [-0.15, -0.1) is 0 Å². The number of anilines is 1. The van der Waals surface area contributed by atoms with Crippen LogP contribution in [0.4, 0.5) is 10.1 Å². The van der Waals surface area contributed by atoms with Crippen molar-refractivity contribution in [1.29, 1.82) is 0 Å². The molecule has 1 fully saturated rings. The van der Waals surface area contributed by atoms with Gasteiger partial charge in [-0.05, 0) is 59.2 Å². The van der Waals surface area contributed by atoms with Crippen LogP contribution >= 0.6 is 34.8 Å². The van der Waals surface area contributed by atoms with Crippen molar-refractivity contribution in [1.82, 2.24) is 0 Å². The molecule has 1 aliphatic carbocycles. The summed E-state index contributed by atoms with van der Waals surface area (Å²) in [4.78, 5) is 26.8. The van der Waals surface area contributed by atoms with Crippen molar-refractivity contribution in [2.24, 2.45) is 0 Å². The molecule has 162 valence electrons. The van der Waals surface area contributed by atoms with E-state index in [0.29, 0.717) is 21.3 Å². The van der Waals surface area contributed by atoms with Gasteiger partial charge in [0.1, 0.15) is 11.6 Å². The molecule has 0 aromatic heterocycles. The SMILES string of the molecule is O=C1C[C@H](c2cc(F)cc(Cl)c2)[C@@]2(C(=O)Nc3cc(Cl)ccc32)[C@H](c2cccc(Cl)c2)C1. The standard InChI is InChI=1S/C25H17Cl3FNO2/c26-15-3-1-2-13(6-15)21-11-19(31)12-22(14-7-17(28)9-18(29)8-14)25(21)20-5-4-16(27)10-23(20)30-24(25)32/h1-10,21-22H,11-12H2,(H,30,32)/t21-,22+,25-/m0/s1. The molecular formula is C25H17Cl3FNO2. The van der Waals surface area contributed by atoms with Gasteiger partial charge in [-0.25, -0.2) is 4.39 Å². The van der Waals surface area contributed by atoms with Crippen LogP contribution in [0.1, 0.15) is 41.4 Å². The van der Waals surface area contributed by atoms with Crippen LogP contribution in [0.3, 0.4) is 0 Å². The number of hydrogen-bond acceptors (Lipinski definition) is 2. The number of ketones is 1. The average Bonchev–Trinajstić information content (AvgIpc) is 3.00. The van der Waals surface area contributed by atoms with Crippen LogP contribution < -0.4 is 5.32 Å². The second-order valence-corrected chi connectivity index (χ2v) is 9.63. The summed E-state index contributed by atoms with van der Waals surface area (Å²) in [7, 11) is 0. The van der Waals surface area contributed by atoms with Crippen LogP contribution in [0, 0.1) is 5.82 Å². The van der Waals surface area contributed by atoms with E-state index in [0.717, 1.165) is 11.1 Å². The van der Waals surface area contributed by atoms with E-state index < -0.39 is 23.1 Å². The number of carbonyl (C=O) groups excluding carboxylic acids is 2. The van der Waals surface area contributed by atoms with Gasteiger partial charge in [0.15, 0.2) is 0 Å². The van der Waals surface area contributed by atoms with Crippen molar-refractivity contribution in [3.05, 3.63) is 98.2 Å². The Hall–Kier alpha value is -2.40. The Morgan fingerprint density at radius 1 is 0.812 bits per heavy atom. The normalized spacial score (nSPS) is 24.5. The van der Waals surface area contributed by atoms with Crippen molar-refractivity contribution in [2.45, 2.75) is 30.1 Å². The zero-order valence-corrected chi connectivity index (χ0v) is 18.9.